The highest BCUT2D eigenvalue weighted by atomic mass is 16.7. The van der Waals surface area contributed by atoms with Gasteiger partial charge in [0.05, 0.1) is 19.3 Å². The maximum absolute atomic E-state index is 10.1. The third-order valence-corrected chi connectivity index (χ3v) is 3.84. The van der Waals surface area contributed by atoms with Crippen LogP contribution in [0.25, 0.3) is 0 Å². The highest BCUT2D eigenvalue weighted by molar-refractivity contribution is 5.33. The lowest BCUT2D eigenvalue weighted by atomic mass is 9.86. The second kappa shape index (κ2) is 4.21. The normalized spacial score (nSPS) is 41.8. The van der Waals surface area contributed by atoms with Gasteiger partial charge < -0.3 is 19.7 Å². The molecule has 1 spiro atoms. The van der Waals surface area contributed by atoms with Gasteiger partial charge in [-0.2, -0.15) is 0 Å². The van der Waals surface area contributed by atoms with Gasteiger partial charge in [-0.05, 0) is 24.0 Å². The molecule has 0 bridgehead atoms. The molecule has 1 aliphatic carbocycles. The fourth-order valence-electron chi connectivity index (χ4n) is 2.78. The first-order valence-corrected chi connectivity index (χ1v) is 6.21. The van der Waals surface area contributed by atoms with E-state index in [-0.39, 0.29) is 6.61 Å². The smallest absolute Gasteiger partial charge is 0.199 e. The molecular formula is C13H18O4. The number of allylic oxidation sites excluding steroid dienone is 2. The van der Waals surface area contributed by atoms with Gasteiger partial charge in [-0.3, -0.25) is 0 Å². The van der Waals surface area contributed by atoms with Crippen molar-refractivity contribution < 1.29 is 19.7 Å². The van der Waals surface area contributed by atoms with Crippen molar-refractivity contribution in [1.29, 1.82) is 0 Å². The lowest BCUT2D eigenvalue weighted by molar-refractivity contribution is -0.314. The van der Waals surface area contributed by atoms with Crippen molar-refractivity contribution in [2.24, 2.45) is 0 Å². The van der Waals surface area contributed by atoms with E-state index in [1.54, 1.807) is 0 Å². The van der Waals surface area contributed by atoms with Crippen LogP contribution in [0.15, 0.2) is 23.3 Å². The second-order valence-corrected chi connectivity index (χ2v) is 5.06. The minimum absolute atomic E-state index is 0.239. The summed E-state index contributed by atoms with van der Waals surface area (Å²) in [5.41, 5.74) is 2.55. The Balaban J connectivity index is 1.82. The number of aliphatic hydroxyl groups is 2. The third kappa shape index (κ3) is 1.95. The lowest BCUT2D eigenvalue weighted by Gasteiger charge is -2.45. The average molecular weight is 238 g/mol. The van der Waals surface area contributed by atoms with Crippen molar-refractivity contribution in [2.75, 3.05) is 13.2 Å². The summed E-state index contributed by atoms with van der Waals surface area (Å²) in [5.74, 6) is -0.931. The molecule has 2 aliphatic heterocycles. The quantitative estimate of drug-likeness (QED) is 0.658. The van der Waals surface area contributed by atoms with Gasteiger partial charge in [-0.15, -0.1) is 0 Å². The Bertz CT molecular complexity index is 374. The summed E-state index contributed by atoms with van der Waals surface area (Å²) in [7, 11) is 0. The largest absolute Gasteiger partial charge is 0.391 e. The molecule has 1 fully saturated rings. The SMILES string of the molecule is O[C@@H]1CO[C@]2(CC3=C(CCC=C3)CO2)[C@@H](O)C1. The first-order valence-electron chi connectivity index (χ1n) is 6.21. The van der Waals surface area contributed by atoms with E-state index < -0.39 is 18.0 Å². The van der Waals surface area contributed by atoms with Crippen LogP contribution in [0.1, 0.15) is 25.7 Å². The molecule has 0 saturated carbocycles. The minimum atomic E-state index is -0.931. The molecule has 2 heterocycles. The summed E-state index contributed by atoms with van der Waals surface area (Å²) in [6.45, 7) is 0.774. The third-order valence-electron chi connectivity index (χ3n) is 3.84. The highest BCUT2D eigenvalue weighted by Gasteiger charge is 2.47. The molecule has 4 heteroatoms. The van der Waals surface area contributed by atoms with Crippen molar-refractivity contribution in [3.63, 3.8) is 0 Å². The molecule has 3 atom stereocenters. The van der Waals surface area contributed by atoms with Crippen molar-refractivity contribution in [3.8, 4) is 0 Å². The molecule has 3 aliphatic rings. The summed E-state index contributed by atoms with van der Waals surface area (Å²) in [6, 6.07) is 0. The standard InChI is InChI=1S/C13H18O4/c14-11-5-12(15)13(17-8-11)6-9-3-1-2-4-10(9)7-16-13/h1,3,11-12,14-15H,2,4-8H2/t11-,12-,13+/m0/s1. The predicted molar refractivity (Wildman–Crippen MR) is 61.3 cm³/mol. The maximum atomic E-state index is 10.1. The summed E-state index contributed by atoms with van der Waals surface area (Å²) in [4.78, 5) is 0. The summed E-state index contributed by atoms with van der Waals surface area (Å²) in [5, 5.41) is 19.5. The van der Waals surface area contributed by atoms with Gasteiger partial charge in [0.25, 0.3) is 0 Å². The van der Waals surface area contributed by atoms with Crippen LogP contribution in [0.3, 0.4) is 0 Å². The van der Waals surface area contributed by atoms with E-state index in [1.807, 2.05) is 0 Å². The molecule has 3 rings (SSSR count). The minimum Gasteiger partial charge on any atom is -0.391 e. The van der Waals surface area contributed by atoms with Crippen LogP contribution in [0.5, 0.6) is 0 Å². The van der Waals surface area contributed by atoms with E-state index in [0.717, 1.165) is 12.8 Å². The Morgan fingerprint density at radius 1 is 1.29 bits per heavy atom. The second-order valence-electron chi connectivity index (χ2n) is 5.06. The van der Waals surface area contributed by atoms with Crippen LogP contribution in [-0.2, 0) is 9.47 Å². The van der Waals surface area contributed by atoms with Gasteiger partial charge in [-0.25, -0.2) is 0 Å². The fourth-order valence-corrected chi connectivity index (χ4v) is 2.78. The van der Waals surface area contributed by atoms with Crippen LogP contribution >= 0.6 is 0 Å². The Morgan fingerprint density at radius 3 is 3.00 bits per heavy atom. The van der Waals surface area contributed by atoms with E-state index in [1.165, 1.54) is 11.1 Å². The monoisotopic (exact) mass is 238 g/mol. The van der Waals surface area contributed by atoms with Gasteiger partial charge in [0.15, 0.2) is 5.79 Å². The number of hydrogen-bond donors (Lipinski definition) is 2. The summed E-state index contributed by atoms with van der Waals surface area (Å²) >= 11 is 0. The van der Waals surface area contributed by atoms with Gasteiger partial charge >= 0.3 is 0 Å². The Morgan fingerprint density at radius 2 is 2.18 bits per heavy atom. The zero-order valence-electron chi connectivity index (χ0n) is 9.76. The zero-order chi connectivity index (χ0) is 11.9. The van der Waals surface area contributed by atoms with Gasteiger partial charge in [0.1, 0.15) is 6.10 Å². The Hall–Kier alpha value is -0.680. The number of aliphatic hydroxyl groups excluding tert-OH is 2. The van der Waals surface area contributed by atoms with Gasteiger partial charge in [0.2, 0.25) is 0 Å². The summed E-state index contributed by atoms with van der Waals surface area (Å²) in [6.07, 6.45) is 5.95. The van der Waals surface area contributed by atoms with Crippen LogP contribution in [0.2, 0.25) is 0 Å². The number of ether oxygens (including phenoxy) is 2. The van der Waals surface area contributed by atoms with E-state index in [9.17, 15) is 10.2 Å². The molecule has 0 aromatic heterocycles. The van der Waals surface area contributed by atoms with Crippen molar-refractivity contribution >= 4 is 0 Å². The molecule has 0 unspecified atom stereocenters. The molecule has 0 amide bonds. The van der Waals surface area contributed by atoms with Crippen molar-refractivity contribution in [3.05, 3.63) is 23.3 Å². The predicted octanol–water partition coefficient (Wildman–Crippen LogP) is 0.892. The average Bonchev–Trinajstić information content (AvgIpc) is 2.35. The molecular weight excluding hydrogens is 220 g/mol. The van der Waals surface area contributed by atoms with Gasteiger partial charge in [0, 0.05) is 12.8 Å². The molecule has 4 nitrogen and oxygen atoms in total. The van der Waals surface area contributed by atoms with E-state index >= 15 is 0 Å². The van der Waals surface area contributed by atoms with E-state index in [4.69, 9.17) is 9.47 Å². The Kier molecular flexibility index (Phi) is 2.83. The summed E-state index contributed by atoms with van der Waals surface area (Å²) < 4.78 is 11.4. The van der Waals surface area contributed by atoms with Crippen LogP contribution < -0.4 is 0 Å². The van der Waals surface area contributed by atoms with Crippen LogP contribution in [-0.4, -0.2) is 41.4 Å². The zero-order valence-corrected chi connectivity index (χ0v) is 9.76. The molecule has 17 heavy (non-hydrogen) atoms. The van der Waals surface area contributed by atoms with Crippen LogP contribution in [0, 0.1) is 0 Å². The fraction of sp³-hybridized carbons (Fsp3) is 0.692. The van der Waals surface area contributed by atoms with Crippen LogP contribution in [0.4, 0.5) is 0 Å². The molecule has 2 N–H and O–H groups in total. The Labute approximate surface area is 101 Å². The van der Waals surface area contributed by atoms with Gasteiger partial charge in [-0.1, -0.05) is 12.2 Å². The first-order chi connectivity index (χ1) is 8.20. The van der Waals surface area contributed by atoms with E-state index in [0.29, 0.717) is 19.4 Å². The first kappa shape index (κ1) is 11.4. The maximum Gasteiger partial charge on any atom is 0.199 e. The van der Waals surface area contributed by atoms with E-state index in [2.05, 4.69) is 12.2 Å². The highest BCUT2D eigenvalue weighted by Crippen LogP contribution is 2.40. The number of rotatable bonds is 0. The van der Waals surface area contributed by atoms with Crippen molar-refractivity contribution in [2.45, 2.75) is 43.7 Å². The molecule has 0 aromatic rings. The molecule has 94 valence electrons. The molecule has 0 radical (unpaired) electrons. The molecule has 0 aromatic carbocycles. The number of hydrogen-bond acceptors (Lipinski definition) is 4. The topological polar surface area (TPSA) is 58.9 Å². The van der Waals surface area contributed by atoms with Crippen molar-refractivity contribution in [1.82, 2.24) is 0 Å². The molecule has 1 saturated heterocycles. The lowest BCUT2D eigenvalue weighted by Crippen LogP contribution is -2.56.